The van der Waals surface area contributed by atoms with Crippen molar-refractivity contribution in [3.8, 4) is 5.75 Å². The van der Waals surface area contributed by atoms with E-state index in [9.17, 15) is 19.2 Å². The van der Waals surface area contributed by atoms with Gasteiger partial charge in [-0.1, -0.05) is 30.3 Å². The van der Waals surface area contributed by atoms with Crippen molar-refractivity contribution in [3.63, 3.8) is 0 Å². The van der Waals surface area contributed by atoms with Gasteiger partial charge in [0, 0.05) is 27.9 Å². The van der Waals surface area contributed by atoms with Crippen LogP contribution in [-0.4, -0.2) is 36.7 Å². The van der Waals surface area contributed by atoms with Gasteiger partial charge in [0.2, 0.25) is 0 Å². The Bertz CT molecular complexity index is 1290. The van der Waals surface area contributed by atoms with Crippen molar-refractivity contribution in [1.82, 2.24) is 0 Å². The fourth-order valence-corrected chi connectivity index (χ4v) is 3.51. The highest BCUT2D eigenvalue weighted by Crippen LogP contribution is 2.29. The number of hydrogen-bond acceptors (Lipinski definition) is 6. The van der Waals surface area contributed by atoms with E-state index in [1.165, 1.54) is 18.2 Å². The molecule has 1 aliphatic rings. The highest BCUT2D eigenvalue weighted by Gasteiger charge is 2.29. The standard InChI is InChI=1S/C26H21NO6/c1-15-7-9-18(11-16(15)2)32-14-24(29)33-13-23(28)27-17-8-10-21-22(12-17)26(31)20-6-4-3-5-19(20)25(21)30/h3-12H,13-14H2,1-2H3,(H,27,28). The molecule has 0 aliphatic heterocycles. The van der Waals surface area contributed by atoms with E-state index in [1.54, 1.807) is 30.3 Å². The highest BCUT2D eigenvalue weighted by atomic mass is 16.6. The molecule has 0 saturated carbocycles. The van der Waals surface area contributed by atoms with E-state index in [4.69, 9.17) is 9.47 Å². The number of carbonyl (C=O) groups excluding carboxylic acids is 4. The minimum Gasteiger partial charge on any atom is -0.482 e. The van der Waals surface area contributed by atoms with Crippen molar-refractivity contribution < 1.29 is 28.7 Å². The Labute approximate surface area is 190 Å². The number of amides is 1. The molecule has 166 valence electrons. The third-order valence-corrected chi connectivity index (χ3v) is 5.41. The Balaban J connectivity index is 1.33. The predicted molar refractivity (Wildman–Crippen MR) is 121 cm³/mol. The number of aryl methyl sites for hydroxylation is 2. The average molecular weight is 443 g/mol. The van der Waals surface area contributed by atoms with Gasteiger partial charge >= 0.3 is 5.97 Å². The number of hydrogen-bond donors (Lipinski definition) is 1. The van der Waals surface area contributed by atoms with E-state index in [2.05, 4.69) is 5.32 Å². The molecule has 0 fully saturated rings. The summed E-state index contributed by atoms with van der Waals surface area (Å²) in [5.41, 5.74) is 3.66. The first-order chi connectivity index (χ1) is 15.8. The maximum absolute atomic E-state index is 12.8. The number of nitrogens with one attached hydrogen (secondary N) is 1. The number of fused-ring (bicyclic) bond motifs is 2. The van der Waals surface area contributed by atoms with E-state index in [1.807, 2.05) is 26.0 Å². The van der Waals surface area contributed by atoms with Gasteiger partial charge in [-0.15, -0.1) is 0 Å². The van der Waals surface area contributed by atoms with Crippen LogP contribution in [0.4, 0.5) is 5.69 Å². The van der Waals surface area contributed by atoms with Crippen LogP contribution in [0.2, 0.25) is 0 Å². The highest BCUT2D eigenvalue weighted by molar-refractivity contribution is 6.28. The van der Waals surface area contributed by atoms with Crippen LogP contribution < -0.4 is 10.1 Å². The number of esters is 1. The summed E-state index contributed by atoms with van der Waals surface area (Å²) in [7, 11) is 0. The molecule has 3 aromatic carbocycles. The minimum absolute atomic E-state index is 0.218. The number of benzene rings is 3. The zero-order chi connectivity index (χ0) is 23.5. The van der Waals surface area contributed by atoms with E-state index in [-0.39, 0.29) is 29.3 Å². The maximum Gasteiger partial charge on any atom is 0.344 e. The zero-order valence-electron chi connectivity index (χ0n) is 18.1. The Morgan fingerprint density at radius 2 is 1.42 bits per heavy atom. The monoisotopic (exact) mass is 443 g/mol. The van der Waals surface area contributed by atoms with E-state index in [0.29, 0.717) is 22.6 Å². The van der Waals surface area contributed by atoms with Crippen LogP contribution in [0, 0.1) is 13.8 Å². The second-order valence-corrected chi connectivity index (χ2v) is 7.71. The van der Waals surface area contributed by atoms with Crippen LogP contribution in [-0.2, 0) is 14.3 Å². The topological polar surface area (TPSA) is 98.8 Å². The predicted octanol–water partition coefficient (Wildman–Crippen LogP) is 3.64. The lowest BCUT2D eigenvalue weighted by Gasteiger charge is -2.18. The first kappa shape index (κ1) is 22.0. The molecule has 0 aromatic heterocycles. The number of rotatable bonds is 6. The molecule has 0 saturated heterocycles. The molecule has 1 amide bonds. The van der Waals surface area contributed by atoms with Gasteiger partial charge in [0.25, 0.3) is 5.91 Å². The molecular formula is C26H21NO6. The summed E-state index contributed by atoms with van der Waals surface area (Å²) >= 11 is 0. The van der Waals surface area contributed by atoms with Crippen molar-refractivity contribution in [2.24, 2.45) is 0 Å². The van der Waals surface area contributed by atoms with Crippen molar-refractivity contribution in [3.05, 3.63) is 94.0 Å². The van der Waals surface area contributed by atoms with Crippen LogP contribution in [0.5, 0.6) is 5.75 Å². The molecule has 4 rings (SSSR count). The number of anilines is 1. The molecule has 7 heteroatoms. The van der Waals surface area contributed by atoms with Crippen molar-refractivity contribution in [2.75, 3.05) is 18.5 Å². The van der Waals surface area contributed by atoms with Crippen LogP contribution in [0.1, 0.15) is 43.0 Å². The molecular weight excluding hydrogens is 422 g/mol. The van der Waals surface area contributed by atoms with Crippen molar-refractivity contribution >= 4 is 29.1 Å². The number of carbonyl (C=O) groups is 4. The van der Waals surface area contributed by atoms with Gasteiger partial charge in [0.05, 0.1) is 0 Å². The first-order valence-corrected chi connectivity index (χ1v) is 10.3. The molecule has 0 spiro atoms. The summed E-state index contributed by atoms with van der Waals surface area (Å²) in [6.45, 7) is 3.07. The molecule has 1 N–H and O–H groups in total. The smallest absolute Gasteiger partial charge is 0.344 e. The lowest BCUT2D eigenvalue weighted by molar-refractivity contribution is -0.149. The van der Waals surface area contributed by atoms with Crippen LogP contribution in [0.25, 0.3) is 0 Å². The SMILES string of the molecule is Cc1ccc(OCC(=O)OCC(=O)Nc2ccc3c(c2)C(=O)c2ccccc2C3=O)cc1C. The van der Waals surface area contributed by atoms with Crippen LogP contribution >= 0.6 is 0 Å². The third kappa shape index (κ3) is 4.67. The minimum atomic E-state index is -0.689. The Hall–Kier alpha value is -4.26. The van der Waals surface area contributed by atoms with Crippen LogP contribution in [0.3, 0.4) is 0 Å². The van der Waals surface area contributed by atoms with Gasteiger partial charge < -0.3 is 14.8 Å². The number of ether oxygens (including phenoxy) is 2. The Morgan fingerprint density at radius 3 is 2.12 bits per heavy atom. The van der Waals surface area contributed by atoms with E-state index >= 15 is 0 Å². The summed E-state index contributed by atoms with van der Waals surface area (Å²) in [6, 6.07) is 16.6. The average Bonchev–Trinajstić information content (AvgIpc) is 2.82. The summed E-state index contributed by atoms with van der Waals surface area (Å²) in [5.74, 6) is -1.26. The molecule has 7 nitrogen and oxygen atoms in total. The summed E-state index contributed by atoms with van der Waals surface area (Å²) in [5, 5.41) is 2.57. The van der Waals surface area contributed by atoms with Crippen molar-refractivity contribution in [1.29, 1.82) is 0 Å². The molecule has 0 radical (unpaired) electrons. The van der Waals surface area contributed by atoms with Gasteiger partial charge in [0.15, 0.2) is 24.8 Å². The van der Waals surface area contributed by atoms with Gasteiger partial charge in [-0.2, -0.15) is 0 Å². The van der Waals surface area contributed by atoms with Crippen molar-refractivity contribution in [2.45, 2.75) is 13.8 Å². The molecule has 0 unspecified atom stereocenters. The normalized spacial score (nSPS) is 11.9. The van der Waals surface area contributed by atoms with Gasteiger partial charge in [-0.05, 0) is 55.3 Å². The fraction of sp³-hybridized carbons (Fsp3) is 0.154. The lowest BCUT2D eigenvalue weighted by atomic mass is 9.84. The first-order valence-electron chi connectivity index (χ1n) is 10.3. The van der Waals surface area contributed by atoms with Crippen LogP contribution in [0.15, 0.2) is 60.7 Å². The Kier molecular flexibility index (Phi) is 6.04. The molecule has 33 heavy (non-hydrogen) atoms. The Morgan fingerprint density at radius 1 is 0.758 bits per heavy atom. The van der Waals surface area contributed by atoms with Gasteiger partial charge in [0.1, 0.15) is 5.75 Å². The molecule has 0 atom stereocenters. The number of ketones is 2. The summed E-state index contributed by atoms with van der Waals surface area (Å²) < 4.78 is 10.3. The lowest BCUT2D eigenvalue weighted by Crippen LogP contribution is -2.24. The molecule has 3 aromatic rings. The largest absolute Gasteiger partial charge is 0.482 e. The van der Waals surface area contributed by atoms with E-state index < -0.39 is 18.5 Å². The maximum atomic E-state index is 12.8. The van der Waals surface area contributed by atoms with E-state index in [0.717, 1.165) is 11.1 Å². The summed E-state index contributed by atoms with van der Waals surface area (Å²) in [4.78, 5) is 49.5. The quantitative estimate of drug-likeness (QED) is 0.457. The summed E-state index contributed by atoms with van der Waals surface area (Å²) in [6.07, 6.45) is 0. The second kappa shape index (κ2) is 9.08. The third-order valence-electron chi connectivity index (χ3n) is 5.41. The van der Waals surface area contributed by atoms with Gasteiger partial charge in [-0.3, -0.25) is 14.4 Å². The molecule has 1 aliphatic carbocycles. The second-order valence-electron chi connectivity index (χ2n) is 7.71. The fourth-order valence-electron chi connectivity index (χ4n) is 3.51. The van der Waals surface area contributed by atoms with Gasteiger partial charge in [-0.25, -0.2) is 4.79 Å². The molecule has 0 bridgehead atoms. The molecule has 0 heterocycles. The zero-order valence-corrected chi connectivity index (χ0v) is 18.1.